The van der Waals surface area contributed by atoms with Gasteiger partial charge in [-0.2, -0.15) is 0 Å². The molecule has 0 radical (unpaired) electrons. The van der Waals surface area contributed by atoms with Gasteiger partial charge in [-0.25, -0.2) is 0 Å². The summed E-state index contributed by atoms with van der Waals surface area (Å²) in [5.74, 6) is 1.06. The molecule has 5 heteroatoms. The van der Waals surface area contributed by atoms with Gasteiger partial charge < -0.3 is 15.2 Å². The minimum atomic E-state index is -0.540. The molecule has 3 N–H and O–H groups in total. The number of fused-ring (bicyclic) bond motifs is 1. The molecule has 0 spiro atoms. The molecule has 0 bridgehead atoms. The van der Waals surface area contributed by atoms with Crippen molar-refractivity contribution in [3.05, 3.63) is 59.7 Å². The van der Waals surface area contributed by atoms with Gasteiger partial charge >= 0.3 is 0 Å². The van der Waals surface area contributed by atoms with Crippen LogP contribution in [0, 0.1) is 0 Å². The third kappa shape index (κ3) is 2.89. The molecule has 1 amide bonds. The average Bonchev–Trinajstić information content (AvgIpc) is 3.00. The Morgan fingerprint density at radius 1 is 1.09 bits per heavy atom. The molecule has 0 unspecified atom stereocenters. The van der Waals surface area contributed by atoms with Gasteiger partial charge in [-0.1, -0.05) is 36.4 Å². The van der Waals surface area contributed by atoms with Gasteiger partial charge in [0.15, 0.2) is 11.5 Å². The lowest BCUT2D eigenvalue weighted by Gasteiger charge is -2.21. The molecule has 0 saturated carbocycles. The Bertz CT molecular complexity index is 673. The van der Waals surface area contributed by atoms with Gasteiger partial charge in [0.2, 0.25) is 12.7 Å². The summed E-state index contributed by atoms with van der Waals surface area (Å²) in [6.07, 6.45) is 0. The smallest absolute Gasteiger partial charge is 0.239 e. The third-order valence-electron chi connectivity index (χ3n) is 3.73. The van der Waals surface area contributed by atoms with E-state index in [1.54, 1.807) is 0 Å². The highest BCUT2D eigenvalue weighted by Gasteiger charge is 2.22. The van der Waals surface area contributed by atoms with Crippen LogP contribution in [0.25, 0.3) is 0 Å². The van der Waals surface area contributed by atoms with Gasteiger partial charge in [-0.3, -0.25) is 10.1 Å². The molecule has 2 aromatic carbocycles. The van der Waals surface area contributed by atoms with Crippen molar-refractivity contribution in [3.63, 3.8) is 0 Å². The molecular weight excluding hydrogens is 280 g/mol. The number of primary amides is 1. The van der Waals surface area contributed by atoms with E-state index in [0.717, 1.165) is 22.6 Å². The zero-order valence-corrected chi connectivity index (χ0v) is 12.3. The fourth-order valence-corrected chi connectivity index (χ4v) is 2.52. The molecule has 0 aliphatic carbocycles. The quantitative estimate of drug-likeness (QED) is 0.888. The first-order chi connectivity index (χ1) is 10.6. The Hall–Kier alpha value is -2.53. The van der Waals surface area contributed by atoms with Crippen LogP contribution in [-0.2, 0) is 4.79 Å². The first-order valence-corrected chi connectivity index (χ1v) is 7.15. The van der Waals surface area contributed by atoms with Gasteiger partial charge in [-0.05, 0) is 30.2 Å². The number of hydrogen-bond donors (Lipinski definition) is 2. The highest BCUT2D eigenvalue weighted by molar-refractivity contribution is 5.81. The predicted octanol–water partition coefficient (Wildman–Crippen LogP) is 2.29. The second-order valence-corrected chi connectivity index (χ2v) is 5.25. The molecule has 0 fully saturated rings. The van der Waals surface area contributed by atoms with E-state index >= 15 is 0 Å². The van der Waals surface area contributed by atoms with Crippen LogP contribution >= 0.6 is 0 Å². The highest BCUT2D eigenvalue weighted by atomic mass is 16.7. The second kappa shape index (κ2) is 6.07. The molecular formula is C17H18N2O3. The van der Waals surface area contributed by atoms with E-state index < -0.39 is 11.9 Å². The Morgan fingerprint density at radius 2 is 1.82 bits per heavy atom. The van der Waals surface area contributed by atoms with Gasteiger partial charge in [0.05, 0.1) is 0 Å². The summed E-state index contributed by atoms with van der Waals surface area (Å²) in [4.78, 5) is 11.8. The summed E-state index contributed by atoms with van der Waals surface area (Å²) < 4.78 is 10.7. The number of amides is 1. The Morgan fingerprint density at radius 3 is 2.55 bits per heavy atom. The van der Waals surface area contributed by atoms with Gasteiger partial charge in [-0.15, -0.1) is 0 Å². The third-order valence-corrected chi connectivity index (χ3v) is 3.73. The first kappa shape index (κ1) is 14.4. The van der Waals surface area contributed by atoms with E-state index in [1.165, 1.54) is 0 Å². The van der Waals surface area contributed by atoms with Gasteiger partial charge in [0, 0.05) is 6.04 Å². The predicted molar refractivity (Wildman–Crippen MR) is 82.5 cm³/mol. The molecule has 1 aliphatic rings. The van der Waals surface area contributed by atoms with Crippen LogP contribution in [-0.4, -0.2) is 12.7 Å². The summed E-state index contributed by atoms with van der Waals surface area (Å²) in [5.41, 5.74) is 7.39. The first-order valence-electron chi connectivity index (χ1n) is 7.15. The summed E-state index contributed by atoms with van der Waals surface area (Å²) in [6, 6.07) is 14.6. The van der Waals surface area contributed by atoms with E-state index in [0.29, 0.717) is 0 Å². The molecule has 0 aromatic heterocycles. The maximum absolute atomic E-state index is 11.8. The van der Waals surface area contributed by atoms with Crippen LogP contribution < -0.4 is 20.5 Å². The van der Waals surface area contributed by atoms with E-state index in [4.69, 9.17) is 15.2 Å². The molecule has 22 heavy (non-hydrogen) atoms. The monoisotopic (exact) mass is 298 g/mol. The van der Waals surface area contributed by atoms with Gasteiger partial charge in [0.25, 0.3) is 0 Å². The molecule has 5 nitrogen and oxygen atoms in total. The van der Waals surface area contributed by atoms with Gasteiger partial charge in [0.1, 0.15) is 6.04 Å². The van der Waals surface area contributed by atoms with Crippen molar-refractivity contribution in [3.8, 4) is 11.5 Å². The van der Waals surface area contributed by atoms with Crippen molar-refractivity contribution in [1.82, 2.24) is 5.32 Å². The molecule has 2 atom stereocenters. The summed E-state index contributed by atoms with van der Waals surface area (Å²) in [6.45, 7) is 2.23. The number of carbonyl (C=O) groups is 1. The van der Waals surface area contributed by atoms with E-state index in [-0.39, 0.29) is 12.8 Å². The number of nitrogens with two attached hydrogens (primary N) is 1. The molecule has 1 heterocycles. The fourth-order valence-electron chi connectivity index (χ4n) is 2.52. The minimum absolute atomic E-state index is 0.0628. The zero-order valence-electron chi connectivity index (χ0n) is 12.3. The highest BCUT2D eigenvalue weighted by Crippen LogP contribution is 2.34. The topological polar surface area (TPSA) is 73.6 Å². The number of rotatable bonds is 5. The maximum Gasteiger partial charge on any atom is 0.239 e. The number of ether oxygens (including phenoxy) is 2. The van der Waals surface area contributed by atoms with Crippen LogP contribution in [0.3, 0.4) is 0 Å². The van der Waals surface area contributed by atoms with E-state index in [9.17, 15) is 4.79 Å². The largest absolute Gasteiger partial charge is 0.454 e. The van der Waals surface area contributed by atoms with Crippen LogP contribution in [0.4, 0.5) is 0 Å². The summed E-state index contributed by atoms with van der Waals surface area (Å²) in [5, 5.41) is 3.27. The average molecular weight is 298 g/mol. The number of hydrogen-bond acceptors (Lipinski definition) is 4. The molecule has 3 rings (SSSR count). The molecule has 1 aliphatic heterocycles. The Labute approximate surface area is 129 Å². The van der Waals surface area contributed by atoms with Crippen molar-refractivity contribution in [2.45, 2.75) is 19.0 Å². The summed E-state index contributed by atoms with van der Waals surface area (Å²) in [7, 11) is 0. The summed E-state index contributed by atoms with van der Waals surface area (Å²) >= 11 is 0. The van der Waals surface area contributed by atoms with Crippen molar-refractivity contribution in [2.24, 2.45) is 5.73 Å². The zero-order chi connectivity index (χ0) is 15.5. The normalized spacial score (nSPS) is 15.3. The molecule has 2 aromatic rings. The van der Waals surface area contributed by atoms with E-state index in [1.807, 2.05) is 55.5 Å². The van der Waals surface area contributed by atoms with Crippen molar-refractivity contribution in [2.75, 3.05) is 6.79 Å². The van der Waals surface area contributed by atoms with Crippen LogP contribution in [0.15, 0.2) is 48.5 Å². The minimum Gasteiger partial charge on any atom is -0.454 e. The lowest BCUT2D eigenvalue weighted by Crippen LogP contribution is -2.35. The van der Waals surface area contributed by atoms with E-state index in [2.05, 4.69) is 5.32 Å². The number of carbonyl (C=O) groups excluding carboxylic acids is 1. The Kier molecular flexibility index (Phi) is 3.98. The lowest BCUT2D eigenvalue weighted by molar-refractivity contribution is -0.120. The van der Waals surface area contributed by atoms with Crippen LogP contribution in [0.2, 0.25) is 0 Å². The van der Waals surface area contributed by atoms with Crippen LogP contribution in [0.1, 0.15) is 30.1 Å². The number of benzene rings is 2. The van der Waals surface area contributed by atoms with Crippen molar-refractivity contribution in [1.29, 1.82) is 0 Å². The maximum atomic E-state index is 11.8. The Balaban J connectivity index is 1.79. The molecule has 0 saturated heterocycles. The SMILES string of the molecule is C[C@H](N[C@@H](C(N)=O)c1ccccc1)c1ccc2c(c1)OCO2. The van der Waals surface area contributed by atoms with Crippen molar-refractivity contribution >= 4 is 5.91 Å². The fraction of sp³-hybridized carbons (Fsp3) is 0.235. The molecule has 114 valence electrons. The number of nitrogens with one attached hydrogen (secondary N) is 1. The lowest BCUT2D eigenvalue weighted by atomic mass is 10.0. The van der Waals surface area contributed by atoms with Crippen LogP contribution in [0.5, 0.6) is 11.5 Å². The van der Waals surface area contributed by atoms with Crippen molar-refractivity contribution < 1.29 is 14.3 Å². The second-order valence-electron chi connectivity index (χ2n) is 5.25. The standard InChI is InChI=1S/C17H18N2O3/c1-11(13-7-8-14-15(9-13)22-10-21-14)19-16(17(18)20)12-5-3-2-4-6-12/h2-9,11,16,19H,10H2,1H3,(H2,18,20)/t11-,16+/m0/s1.